The van der Waals surface area contributed by atoms with E-state index in [9.17, 15) is 9.59 Å². The van der Waals surface area contributed by atoms with Gasteiger partial charge in [0.2, 0.25) is 0 Å². The normalized spacial score (nSPS) is 21.1. The van der Waals surface area contributed by atoms with Gasteiger partial charge in [-0.1, -0.05) is 20.8 Å². The molecule has 5 nitrogen and oxygen atoms in total. The standard InChI is InChI=1S/C13H24N2O3/c1-4-10-6-5-7-15(10)13(18)14-11(12(16)17)8-9(2)3/h9-11H,4-8H2,1-3H3,(H,14,18)(H,16,17)/t10?,11-/m0/s1. The Balaban J connectivity index is 2.58. The van der Waals surface area contributed by atoms with Gasteiger partial charge in [-0.3, -0.25) is 0 Å². The maximum Gasteiger partial charge on any atom is 0.326 e. The lowest BCUT2D eigenvalue weighted by atomic mass is 10.0. The molecule has 104 valence electrons. The first-order chi connectivity index (χ1) is 8.45. The van der Waals surface area contributed by atoms with Crippen molar-refractivity contribution in [2.24, 2.45) is 5.92 Å². The first-order valence-electron chi connectivity index (χ1n) is 6.75. The summed E-state index contributed by atoms with van der Waals surface area (Å²) in [5.41, 5.74) is 0. The SMILES string of the molecule is CCC1CCCN1C(=O)N[C@@H](CC(C)C)C(=O)O. The Labute approximate surface area is 109 Å². The molecule has 1 aliphatic heterocycles. The van der Waals surface area contributed by atoms with Gasteiger partial charge in [-0.2, -0.15) is 0 Å². The van der Waals surface area contributed by atoms with E-state index in [1.807, 2.05) is 13.8 Å². The van der Waals surface area contributed by atoms with Crippen LogP contribution in [-0.4, -0.2) is 40.6 Å². The number of carboxylic acids is 1. The summed E-state index contributed by atoms with van der Waals surface area (Å²) in [5.74, 6) is -0.712. The topological polar surface area (TPSA) is 69.6 Å². The van der Waals surface area contributed by atoms with Crippen molar-refractivity contribution in [1.82, 2.24) is 10.2 Å². The van der Waals surface area contributed by atoms with Crippen LogP contribution in [0.5, 0.6) is 0 Å². The monoisotopic (exact) mass is 256 g/mol. The average Bonchev–Trinajstić information content (AvgIpc) is 2.75. The molecule has 1 aliphatic rings. The predicted molar refractivity (Wildman–Crippen MR) is 69.4 cm³/mol. The Hall–Kier alpha value is -1.26. The molecule has 5 heteroatoms. The molecule has 18 heavy (non-hydrogen) atoms. The number of carbonyl (C=O) groups excluding carboxylic acids is 1. The average molecular weight is 256 g/mol. The van der Waals surface area contributed by atoms with E-state index in [0.717, 1.165) is 25.8 Å². The minimum Gasteiger partial charge on any atom is -0.480 e. The van der Waals surface area contributed by atoms with Crippen molar-refractivity contribution in [3.8, 4) is 0 Å². The van der Waals surface area contributed by atoms with E-state index < -0.39 is 12.0 Å². The molecule has 2 N–H and O–H groups in total. The minimum atomic E-state index is -0.954. The van der Waals surface area contributed by atoms with Crippen LogP contribution in [0.4, 0.5) is 4.79 Å². The van der Waals surface area contributed by atoms with Crippen LogP contribution < -0.4 is 5.32 Å². The van der Waals surface area contributed by atoms with Crippen molar-refractivity contribution in [1.29, 1.82) is 0 Å². The molecule has 1 rings (SSSR count). The molecule has 2 atom stereocenters. The molecule has 1 saturated heterocycles. The molecule has 1 heterocycles. The molecule has 0 aromatic rings. The highest BCUT2D eigenvalue weighted by atomic mass is 16.4. The van der Waals surface area contributed by atoms with Crippen LogP contribution in [0.3, 0.4) is 0 Å². The van der Waals surface area contributed by atoms with E-state index in [-0.39, 0.29) is 18.0 Å². The molecule has 0 aromatic heterocycles. The van der Waals surface area contributed by atoms with Gasteiger partial charge in [0.05, 0.1) is 0 Å². The summed E-state index contributed by atoms with van der Waals surface area (Å²) in [6, 6.07) is -0.749. The van der Waals surface area contributed by atoms with Crippen molar-refractivity contribution in [3.63, 3.8) is 0 Å². The number of urea groups is 1. The van der Waals surface area contributed by atoms with Crippen LogP contribution in [0.1, 0.15) is 46.5 Å². The Morgan fingerprint density at radius 2 is 2.11 bits per heavy atom. The summed E-state index contributed by atoms with van der Waals surface area (Å²) in [4.78, 5) is 24.9. The van der Waals surface area contributed by atoms with Gasteiger partial charge in [-0.05, 0) is 31.6 Å². The summed E-state index contributed by atoms with van der Waals surface area (Å²) >= 11 is 0. The first kappa shape index (κ1) is 14.8. The van der Waals surface area contributed by atoms with Crippen LogP contribution in [0.25, 0.3) is 0 Å². The number of amides is 2. The van der Waals surface area contributed by atoms with E-state index in [1.165, 1.54) is 0 Å². The number of nitrogens with one attached hydrogen (secondary N) is 1. The highest BCUT2D eigenvalue weighted by Gasteiger charge is 2.30. The zero-order valence-electron chi connectivity index (χ0n) is 11.5. The third-order valence-electron chi connectivity index (χ3n) is 3.41. The molecule has 0 radical (unpaired) electrons. The van der Waals surface area contributed by atoms with Gasteiger partial charge in [0.1, 0.15) is 6.04 Å². The second-order valence-corrected chi connectivity index (χ2v) is 5.37. The Morgan fingerprint density at radius 3 is 2.61 bits per heavy atom. The molecule has 1 fully saturated rings. The third-order valence-corrected chi connectivity index (χ3v) is 3.41. The van der Waals surface area contributed by atoms with Crippen LogP contribution in [0.15, 0.2) is 0 Å². The van der Waals surface area contributed by atoms with Crippen molar-refractivity contribution in [3.05, 3.63) is 0 Å². The zero-order chi connectivity index (χ0) is 13.7. The predicted octanol–water partition coefficient (Wildman–Crippen LogP) is 2.07. The summed E-state index contributed by atoms with van der Waals surface area (Å²) in [6.45, 7) is 6.69. The van der Waals surface area contributed by atoms with Crippen molar-refractivity contribution in [2.45, 2.75) is 58.5 Å². The molecular formula is C13H24N2O3. The molecule has 0 spiro atoms. The number of carbonyl (C=O) groups is 2. The molecule has 0 aliphatic carbocycles. The van der Waals surface area contributed by atoms with Gasteiger partial charge >= 0.3 is 12.0 Å². The molecule has 0 saturated carbocycles. The summed E-state index contributed by atoms with van der Waals surface area (Å²) in [6.07, 6.45) is 3.42. The van der Waals surface area contributed by atoms with Crippen LogP contribution in [-0.2, 0) is 4.79 Å². The Kier molecular flexibility index (Phi) is 5.44. The number of nitrogens with zero attached hydrogens (tertiary/aromatic N) is 1. The van der Waals surface area contributed by atoms with E-state index in [2.05, 4.69) is 12.2 Å². The van der Waals surface area contributed by atoms with E-state index in [0.29, 0.717) is 6.42 Å². The number of aliphatic carboxylic acids is 1. The van der Waals surface area contributed by atoms with E-state index in [4.69, 9.17) is 5.11 Å². The van der Waals surface area contributed by atoms with Gasteiger partial charge in [0.25, 0.3) is 0 Å². The van der Waals surface area contributed by atoms with Crippen molar-refractivity contribution in [2.75, 3.05) is 6.54 Å². The van der Waals surface area contributed by atoms with Crippen LogP contribution >= 0.6 is 0 Å². The molecule has 0 aromatic carbocycles. The fourth-order valence-corrected chi connectivity index (χ4v) is 2.45. The van der Waals surface area contributed by atoms with E-state index in [1.54, 1.807) is 4.90 Å². The fourth-order valence-electron chi connectivity index (χ4n) is 2.45. The summed E-state index contributed by atoms with van der Waals surface area (Å²) in [5, 5.41) is 11.7. The lowest BCUT2D eigenvalue weighted by Gasteiger charge is -2.26. The number of likely N-dealkylation sites (tertiary alicyclic amines) is 1. The maximum atomic E-state index is 12.1. The molecule has 0 bridgehead atoms. The zero-order valence-corrected chi connectivity index (χ0v) is 11.5. The summed E-state index contributed by atoms with van der Waals surface area (Å²) in [7, 11) is 0. The number of hydrogen-bond donors (Lipinski definition) is 2. The summed E-state index contributed by atoms with van der Waals surface area (Å²) < 4.78 is 0. The maximum absolute atomic E-state index is 12.1. The number of hydrogen-bond acceptors (Lipinski definition) is 2. The molecule has 2 amide bonds. The van der Waals surface area contributed by atoms with Crippen LogP contribution in [0.2, 0.25) is 0 Å². The van der Waals surface area contributed by atoms with Gasteiger partial charge in [-0.25, -0.2) is 9.59 Å². The molecule has 1 unspecified atom stereocenters. The molecular weight excluding hydrogens is 232 g/mol. The van der Waals surface area contributed by atoms with Gasteiger partial charge in [-0.15, -0.1) is 0 Å². The van der Waals surface area contributed by atoms with Crippen molar-refractivity contribution < 1.29 is 14.7 Å². The van der Waals surface area contributed by atoms with Gasteiger partial charge in [0.15, 0.2) is 0 Å². The highest BCUT2D eigenvalue weighted by Crippen LogP contribution is 2.20. The Morgan fingerprint density at radius 1 is 1.44 bits per heavy atom. The number of carboxylic acid groups (broad SMARTS) is 1. The lowest BCUT2D eigenvalue weighted by Crippen LogP contribution is -2.49. The quantitative estimate of drug-likeness (QED) is 0.791. The number of rotatable bonds is 5. The van der Waals surface area contributed by atoms with Gasteiger partial charge in [0, 0.05) is 12.6 Å². The second kappa shape index (κ2) is 6.61. The second-order valence-electron chi connectivity index (χ2n) is 5.37. The third kappa shape index (κ3) is 3.89. The smallest absolute Gasteiger partial charge is 0.326 e. The van der Waals surface area contributed by atoms with Gasteiger partial charge < -0.3 is 15.3 Å². The highest BCUT2D eigenvalue weighted by molar-refractivity contribution is 5.82. The van der Waals surface area contributed by atoms with Crippen LogP contribution in [0, 0.1) is 5.92 Å². The largest absolute Gasteiger partial charge is 0.480 e. The fraction of sp³-hybridized carbons (Fsp3) is 0.846. The first-order valence-corrected chi connectivity index (χ1v) is 6.75. The van der Waals surface area contributed by atoms with Crippen molar-refractivity contribution >= 4 is 12.0 Å². The minimum absolute atomic E-state index is 0.229. The lowest BCUT2D eigenvalue weighted by molar-refractivity contribution is -0.139. The Bertz CT molecular complexity index is 305. The van der Waals surface area contributed by atoms with E-state index >= 15 is 0 Å².